The van der Waals surface area contributed by atoms with Crippen LogP contribution in [-0.4, -0.2) is 31.5 Å². The van der Waals surface area contributed by atoms with Gasteiger partial charge in [-0.1, -0.05) is 24.3 Å². The Balaban J connectivity index is 1.30. The van der Waals surface area contributed by atoms with Crippen molar-refractivity contribution in [3.8, 4) is 11.3 Å². The molecule has 180 valence electrons. The molecule has 1 unspecified atom stereocenters. The number of nitrogens with one attached hydrogen (secondary N) is 1. The second kappa shape index (κ2) is 8.76. The summed E-state index contributed by atoms with van der Waals surface area (Å²) < 4.78 is 9.72. The average Bonchev–Trinajstić information content (AvgIpc) is 3.48. The number of benzene rings is 2. The van der Waals surface area contributed by atoms with E-state index >= 15 is 0 Å². The Labute approximate surface area is 204 Å². The van der Waals surface area contributed by atoms with Gasteiger partial charge in [0.2, 0.25) is 0 Å². The molecule has 2 aromatic heterocycles. The lowest BCUT2D eigenvalue weighted by atomic mass is 9.92. The van der Waals surface area contributed by atoms with Crippen molar-refractivity contribution in [1.29, 1.82) is 0 Å². The van der Waals surface area contributed by atoms with E-state index in [1.165, 1.54) is 6.42 Å². The standard InChI is InChI=1S/C27H30N6O2/c1-17(19-6-7-19)35-27(34)31-21-10-8-20(9-11-21)26-25(28)23-12-5-18(14-32-16-29-15-30-32)13-24(23)33(26)22-3-2-4-22/h5,8-13,15-17,19,22H,2-4,6-7,14,28H2,1H3,(H,31,34). The number of amides is 1. The third-order valence-corrected chi connectivity index (χ3v) is 7.34. The van der Waals surface area contributed by atoms with Crippen LogP contribution in [0, 0.1) is 5.92 Å². The highest BCUT2D eigenvalue weighted by Crippen LogP contribution is 2.44. The highest BCUT2D eigenvalue weighted by molar-refractivity contribution is 6.01. The zero-order chi connectivity index (χ0) is 23.9. The van der Waals surface area contributed by atoms with Crippen molar-refractivity contribution in [2.75, 3.05) is 11.1 Å². The molecule has 2 saturated carbocycles. The van der Waals surface area contributed by atoms with Crippen LogP contribution in [0.5, 0.6) is 0 Å². The zero-order valence-corrected chi connectivity index (χ0v) is 19.9. The largest absolute Gasteiger partial charge is 0.446 e. The zero-order valence-electron chi connectivity index (χ0n) is 19.9. The molecule has 35 heavy (non-hydrogen) atoms. The number of ether oxygens (including phenoxy) is 1. The number of nitrogens with zero attached hydrogens (tertiary/aromatic N) is 4. The van der Waals surface area contributed by atoms with Gasteiger partial charge < -0.3 is 15.0 Å². The minimum Gasteiger partial charge on any atom is -0.446 e. The van der Waals surface area contributed by atoms with Gasteiger partial charge in [-0.15, -0.1) is 0 Å². The first-order chi connectivity index (χ1) is 17.1. The fraction of sp³-hybridized carbons (Fsp3) is 0.370. The Kier molecular flexibility index (Phi) is 5.43. The average molecular weight is 471 g/mol. The van der Waals surface area contributed by atoms with Gasteiger partial charge in [-0.25, -0.2) is 14.5 Å². The quantitative estimate of drug-likeness (QED) is 0.366. The number of anilines is 2. The third kappa shape index (κ3) is 4.24. The van der Waals surface area contributed by atoms with E-state index in [0.29, 0.717) is 24.2 Å². The van der Waals surface area contributed by atoms with Crippen molar-refractivity contribution < 1.29 is 9.53 Å². The van der Waals surface area contributed by atoms with Crippen LogP contribution in [0.1, 0.15) is 50.6 Å². The highest BCUT2D eigenvalue weighted by atomic mass is 16.6. The number of nitrogen functional groups attached to an aromatic ring is 1. The molecular weight excluding hydrogens is 440 g/mol. The van der Waals surface area contributed by atoms with Crippen molar-refractivity contribution in [2.24, 2.45) is 5.92 Å². The number of carbonyl (C=O) groups excluding carboxylic acids is 1. The van der Waals surface area contributed by atoms with Crippen LogP contribution in [0.2, 0.25) is 0 Å². The van der Waals surface area contributed by atoms with Gasteiger partial charge in [-0.3, -0.25) is 5.32 Å². The summed E-state index contributed by atoms with van der Waals surface area (Å²) in [7, 11) is 0. The first-order valence-electron chi connectivity index (χ1n) is 12.4. The Morgan fingerprint density at radius 2 is 1.97 bits per heavy atom. The molecule has 0 bridgehead atoms. The Morgan fingerprint density at radius 1 is 1.17 bits per heavy atom. The number of hydrogen-bond acceptors (Lipinski definition) is 5. The Hall–Kier alpha value is -3.81. The lowest BCUT2D eigenvalue weighted by Gasteiger charge is -2.30. The molecule has 2 aliphatic rings. The van der Waals surface area contributed by atoms with Crippen molar-refractivity contribution in [2.45, 2.75) is 57.7 Å². The van der Waals surface area contributed by atoms with Crippen molar-refractivity contribution >= 4 is 28.4 Å². The van der Waals surface area contributed by atoms with Crippen LogP contribution in [0.25, 0.3) is 22.2 Å². The van der Waals surface area contributed by atoms with Gasteiger partial charge in [-0.05, 0) is 68.7 Å². The molecule has 8 nitrogen and oxygen atoms in total. The van der Waals surface area contributed by atoms with Crippen LogP contribution >= 0.6 is 0 Å². The molecule has 1 atom stereocenters. The second-order valence-electron chi connectivity index (χ2n) is 9.81. The van der Waals surface area contributed by atoms with E-state index in [0.717, 1.165) is 59.1 Å². The minimum atomic E-state index is -0.403. The van der Waals surface area contributed by atoms with Gasteiger partial charge in [0.25, 0.3) is 0 Å². The second-order valence-corrected chi connectivity index (χ2v) is 9.81. The van der Waals surface area contributed by atoms with E-state index in [4.69, 9.17) is 10.5 Å². The molecule has 2 aromatic carbocycles. The van der Waals surface area contributed by atoms with Gasteiger partial charge in [0.05, 0.1) is 23.4 Å². The van der Waals surface area contributed by atoms with Crippen LogP contribution in [0.3, 0.4) is 0 Å². The van der Waals surface area contributed by atoms with Gasteiger partial charge in [0.15, 0.2) is 0 Å². The fourth-order valence-corrected chi connectivity index (χ4v) is 4.99. The van der Waals surface area contributed by atoms with Crippen LogP contribution in [0.15, 0.2) is 55.1 Å². The Morgan fingerprint density at radius 3 is 2.63 bits per heavy atom. The molecule has 0 spiro atoms. The number of fused-ring (bicyclic) bond motifs is 1. The van der Waals surface area contributed by atoms with E-state index in [-0.39, 0.29) is 6.10 Å². The van der Waals surface area contributed by atoms with E-state index in [1.54, 1.807) is 12.7 Å². The lowest BCUT2D eigenvalue weighted by Crippen LogP contribution is -2.21. The fourth-order valence-electron chi connectivity index (χ4n) is 4.99. The maximum Gasteiger partial charge on any atom is 0.411 e. The number of aromatic nitrogens is 4. The smallest absolute Gasteiger partial charge is 0.411 e. The van der Waals surface area contributed by atoms with E-state index in [2.05, 4.69) is 38.2 Å². The summed E-state index contributed by atoms with van der Waals surface area (Å²) in [5.41, 5.74) is 12.6. The minimum absolute atomic E-state index is 0.0401. The third-order valence-electron chi connectivity index (χ3n) is 7.34. The van der Waals surface area contributed by atoms with Crippen molar-refractivity contribution in [3.05, 3.63) is 60.7 Å². The topological polar surface area (TPSA) is 100.0 Å². The van der Waals surface area contributed by atoms with Crippen LogP contribution in [-0.2, 0) is 11.3 Å². The summed E-state index contributed by atoms with van der Waals surface area (Å²) >= 11 is 0. The van der Waals surface area contributed by atoms with Gasteiger partial charge in [-0.2, -0.15) is 5.10 Å². The van der Waals surface area contributed by atoms with Crippen LogP contribution < -0.4 is 11.1 Å². The SMILES string of the molecule is CC(OC(=O)Nc1ccc(-c2c(N)c3ccc(Cn4cncn4)cc3n2C2CCC2)cc1)C1CC1. The predicted molar refractivity (Wildman–Crippen MR) is 136 cm³/mol. The molecule has 1 amide bonds. The first-order valence-corrected chi connectivity index (χ1v) is 12.4. The van der Waals surface area contributed by atoms with Gasteiger partial charge in [0, 0.05) is 22.7 Å². The predicted octanol–water partition coefficient (Wildman–Crippen LogP) is 5.60. The number of rotatable bonds is 7. The normalized spacial score (nSPS) is 16.7. The molecule has 3 N–H and O–H groups in total. The van der Waals surface area contributed by atoms with Crippen molar-refractivity contribution in [1.82, 2.24) is 19.3 Å². The summed E-state index contributed by atoms with van der Waals surface area (Å²) in [6.07, 6.45) is 8.64. The molecule has 4 aromatic rings. The lowest BCUT2D eigenvalue weighted by molar-refractivity contribution is 0.108. The Bertz CT molecular complexity index is 1350. The maximum atomic E-state index is 12.2. The molecule has 2 fully saturated rings. The first kappa shape index (κ1) is 21.7. The molecule has 0 aliphatic heterocycles. The highest BCUT2D eigenvalue weighted by Gasteiger charge is 2.31. The summed E-state index contributed by atoms with van der Waals surface area (Å²) in [6, 6.07) is 14.8. The maximum absolute atomic E-state index is 12.2. The molecule has 8 heteroatoms. The van der Waals surface area contributed by atoms with E-state index in [1.807, 2.05) is 35.9 Å². The van der Waals surface area contributed by atoms with Gasteiger partial charge >= 0.3 is 6.09 Å². The summed E-state index contributed by atoms with van der Waals surface area (Å²) in [6.45, 7) is 2.62. The molecule has 0 radical (unpaired) electrons. The number of carbonyl (C=O) groups is 1. The van der Waals surface area contributed by atoms with Gasteiger partial charge in [0.1, 0.15) is 18.8 Å². The summed E-state index contributed by atoms with van der Waals surface area (Å²) in [4.78, 5) is 16.3. The van der Waals surface area contributed by atoms with Crippen LogP contribution in [0.4, 0.5) is 16.2 Å². The molecule has 2 aliphatic carbocycles. The molecule has 2 heterocycles. The monoisotopic (exact) mass is 470 g/mol. The number of nitrogens with two attached hydrogens (primary N) is 1. The van der Waals surface area contributed by atoms with E-state index < -0.39 is 6.09 Å². The molecule has 0 saturated heterocycles. The molecular formula is C27H30N6O2. The molecule has 6 rings (SSSR count). The number of hydrogen-bond donors (Lipinski definition) is 2. The summed E-state index contributed by atoms with van der Waals surface area (Å²) in [5, 5.41) is 8.15. The van der Waals surface area contributed by atoms with Crippen molar-refractivity contribution in [3.63, 3.8) is 0 Å². The summed E-state index contributed by atoms with van der Waals surface area (Å²) in [5.74, 6) is 0.510. The van der Waals surface area contributed by atoms with E-state index in [9.17, 15) is 4.79 Å².